The normalized spacial score (nSPS) is 15.2. The summed E-state index contributed by atoms with van der Waals surface area (Å²) in [5.74, 6) is -1.81. The molecule has 1 unspecified atom stereocenters. The maximum atomic E-state index is 14.1. The summed E-state index contributed by atoms with van der Waals surface area (Å²) in [6.07, 6.45) is 7.87. The van der Waals surface area contributed by atoms with E-state index < -0.39 is 35.2 Å². The number of nitrogens with one attached hydrogen (secondary N) is 1. The number of imidazole rings is 1. The Kier molecular flexibility index (Phi) is 8.87. The molecule has 0 aliphatic heterocycles. The van der Waals surface area contributed by atoms with Crippen LogP contribution < -0.4 is 10.1 Å². The van der Waals surface area contributed by atoms with Crippen LogP contribution in [0.4, 0.5) is 8.78 Å². The Morgan fingerprint density at radius 2 is 1.87 bits per heavy atom. The van der Waals surface area contributed by atoms with Crippen molar-refractivity contribution in [3.8, 4) is 5.75 Å². The lowest BCUT2D eigenvalue weighted by Gasteiger charge is -2.22. The zero-order valence-corrected chi connectivity index (χ0v) is 23.1. The number of pyridine rings is 1. The summed E-state index contributed by atoms with van der Waals surface area (Å²) in [6, 6.07) is 6.32. The van der Waals surface area contributed by atoms with Gasteiger partial charge in [-0.25, -0.2) is 13.8 Å². The monoisotopic (exact) mass is 541 g/mol. The third kappa shape index (κ3) is 7.34. The number of ether oxygens (including phenoxy) is 2. The predicted octanol–water partition coefficient (Wildman–Crippen LogP) is 6.47. The highest BCUT2D eigenvalue weighted by Crippen LogP contribution is 2.28. The van der Waals surface area contributed by atoms with Gasteiger partial charge < -0.3 is 14.8 Å². The van der Waals surface area contributed by atoms with Crippen molar-refractivity contribution in [1.29, 1.82) is 0 Å². The number of carbonyl (C=O) groups excluding carboxylic acids is 2. The van der Waals surface area contributed by atoms with E-state index in [0.29, 0.717) is 40.9 Å². The number of nitrogens with zero attached hydrogens (tertiary/aromatic N) is 2. The van der Waals surface area contributed by atoms with Crippen LogP contribution in [0.15, 0.2) is 36.5 Å². The average molecular weight is 542 g/mol. The summed E-state index contributed by atoms with van der Waals surface area (Å²) >= 11 is 0. The minimum absolute atomic E-state index is 0.0213. The van der Waals surface area contributed by atoms with Crippen molar-refractivity contribution in [2.45, 2.75) is 84.3 Å². The van der Waals surface area contributed by atoms with E-state index in [1.807, 2.05) is 6.07 Å². The van der Waals surface area contributed by atoms with E-state index >= 15 is 0 Å². The van der Waals surface area contributed by atoms with Gasteiger partial charge in [0.25, 0.3) is 5.91 Å². The van der Waals surface area contributed by atoms with Crippen molar-refractivity contribution in [2.24, 2.45) is 5.92 Å². The topological polar surface area (TPSA) is 81.9 Å². The number of hydrogen-bond donors (Lipinski definition) is 1. The predicted molar refractivity (Wildman–Crippen MR) is 144 cm³/mol. The van der Waals surface area contributed by atoms with Gasteiger partial charge >= 0.3 is 5.97 Å². The number of halogens is 2. The molecule has 4 rings (SSSR count). The Hall–Kier alpha value is -3.49. The number of benzene rings is 1. The van der Waals surface area contributed by atoms with Gasteiger partial charge in [-0.1, -0.05) is 25.3 Å². The minimum atomic E-state index is -1.03. The number of rotatable bonds is 9. The Bertz CT molecular complexity index is 1330. The van der Waals surface area contributed by atoms with Gasteiger partial charge in [0.05, 0.1) is 18.3 Å². The highest BCUT2D eigenvalue weighted by Gasteiger charge is 2.25. The first kappa shape index (κ1) is 28.5. The van der Waals surface area contributed by atoms with Gasteiger partial charge in [-0.2, -0.15) is 0 Å². The van der Waals surface area contributed by atoms with Gasteiger partial charge in [0.2, 0.25) is 0 Å². The maximum Gasteiger partial charge on any atom is 0.306 e. The molecule has 1 fully saturated rings. The fraction of sp³-hybridized carbons (Fsp3) is 0.500. The highest BCUT2D eigenvalue weighted by molar-refractivity contribution is 5.95. The van der Waals surface area contributed by atoms with Crippen LogP contribution in [0.2, 0.25) is 0 Å². The first-order valence-corrected chi connectivity index (χ1v) is 13.6. The molecule has 39 heavy (non-hydrogen) atoms. The second kappa shape index (κ2) is 12.1. The summed E-state index contributed by atoms with van der Waals surface area (Å²) in [7, 11) is 0. The van der Waals surface area contributed by atoms with Crippen LogP contribution in [0.25, 0.3) is 5.65 Å². The Balaban J connectivity index is 1.56. The number of aromatic nitrogens is 2. The van der Waals surface area contributed by atoms with E-state index in [0.717, 1.165) is 25.0 Å². The van der Waals surface area contributed by atoms with Crippen molar-refractivity contribution in [2.75, 3.05) is 6.61 Å². The maximum absolute atomic E-state index is 14.1. The Labute approximate surface area is 227 Å². The van der Waals surface area contributed by atoms with E-state index in [1.165, 1.54) is 25.3 Å². The smallest absolute Gasteiger partial charge is 0.306 e. The third-order valence-corrected chi connectivity index (χ3v) is 6.91. The number of aryl methyl sites for hydroxylation is 1. The molecule has 2 aromatic heterocycles. The summed E-state index contributed by atoms with van der Waals surface area (Å²) in [4.78, 5) is 30.6. The zero-order chi connectivity index (χ0) is 28.2. The molecule has 0 radical (unpaired) electrons. The molecule has 3 aromatic rings. The van der Waals surface area contributed by atoms with Crippen LogP contribution in [0, 0.1) is 24.5 Å². The van der Waals surface area contributed by atoms with Gasteiger partial charge in [-0.15, -0.1) is 0 Å². The minimum Gasteiger partial charge on any atom is -0.489 e. The Morgan fingerprint density at radius 3 is 2.56 bits per heavy atom. The number of fused-ring (bicyclic) bond motifs is 1. The SMILES string of the molecule is Cc1nc2c(OCC3CCCCC3)cccn2c1C(=O)NC(CCC(=O)OC(C)(C)C)c1ccc(F)c(F)c1. The van der Waals surface area contributed by atoms with Crippen LogP contribution in [-0.4, -0.2) is 33.5 Å². The first-order chi connectivity index (χ1) is 18.5. The second-order valence-corrected chi connectivity index (χ2v) is 11.3. The lowest BCUT2D eigenvalue weighted by Crippen LogP contribution is -2.31. The quantitative estimate of drug-likeness (QED) is 0.314. The van der Waals surface area contributed by atoms with Crippen LogP contribution >= 0.6 is 0 Å². The molecule has 7 nitrogen and oxygen atoms in total. The van der Waals surface area contributed by atoms with Crippen LogP contribution in [0.1, 0.15) is 93.5 Å². The fourth-order valence-electron chi connectivity index (χ4n) is 5.04. The summed E-state index contributed by atoms with van der Waals surface area (Å²) in [6.45, 7) is 7.64. The number of carbonyl (C=O) groups is 2. The molecule has 1 aromatic carbocycles. The van der Waals surface area contributed by atoms with Crippen molar-refractivity contribution >= 4 is 17.5 Å². The summed E-state index contributed by atoms with van der Waals surface area (Å²) < 4.78 is 40.9. The molecule has 1 aliphatic rings. The van der Waals surface area contributed by atoms with Crippen molar-refractivity contribution in [3.05, 3.63) is 65.1 Å². The molecule has 0 spiro atoms. The van der Waals surface area contributed by atoms with E-state index in [2.05, 4.69) is 10.3 Å². The van der Waals surface area contributed by atoms with Crippen LogP contribution in [-0.2, 0) is 9.53 Å². The average Bonchev–Trinajstić information content (AvgIpc) is 3.23. The highest BCUT2D eigenvalue weighted by atomic mass is 19.2. The van der Waals surface area contributed by atoms with Gasteiger partial charge in [-0.05, 0) is 82.7 Å². The van der Waals surface area contributed by atoms with Crippen LogP contribution in [0.3, 0.4) is 0 Å². The Morgan fingerprint density at radius 1 is 1.13 bits per heavy atom. The lowest BCUT2D eigenvalue weighted by atomic mass is 9.90. The van der Waals surface area contributed by atoms with Crippen molar-refractivity contribution in [1.82, 2.24) is 14.7 Å². The largest absolute Gasteiger partial charge is 0.489 e. The van der Waals surface area contributed by atoms with Gasteiger partial charge in [-0.3, -0.25) is 14.0 Å². The lowest BCUT2D eigenvalue weighted by molar-refractivity contribution is -0.155. The molecular formula is C30H37F2N3O4. The molecule has 0 bridgehead atoms. The van der Waals surface area contributed by atoms with Crippen LogP contribution in [0.5, 0.6) is 5.75 Å². The van der Waals surface area contributed by atoms with E-state index in [9.17, 15) is 18.4 Å². The van der Waals surface area contributed by atoms with E-state index in [4.69, 9.17) is 9.47 Å². The summed E-state index contributed by atoms with van der Waals surface area (Å²) in [5.41, 5.74) is 1.01. The summed E-state index contributed by atoms with van der Waals surface area (Å²) in [5, 5.41) is 2.90. The van der Waals surface area contributed by atoms with Crippen molar-refractivity contribution in [3.63, 3.8) is 0 Å². The van der Waals surface area contributed by atoms with E-state index in [1.54, 1.807) is 44.4 Å². The molecule has 9 heteroatoms. The molecule has 1 amide bonds. The molecule has 0 saturated heterocycles. The fourth-order valence-corrected chi connectivity index (χ4v) is 5.04. The standard InChI is InChI=1S/C30H37F2N3O4/c1-19-27(35-16-8-11-25(28(35)33-19)38-18-20-9-6-5-7-10-20)29(37)34-24(14-15-26(36)39-30(2,3)4)21-12-13-22(31)23(32)17-21/h8,11-13,16-17,20,24H,5-7,9-10,14-15,18H2,1-4H3,(H,34,37). The molecular weight excluding hydrogens is 504 g/mol. The second-order valence-electron chi connectivity index (χ2n) is 11.3. The number of amides is 1. The molecule has 1 N–H and O–H groups in total. The van der Waals surface area contributed by atoms with E-state index in [-0.39, 0.29) is 12.8 Å². The molecule has 210 valence electrons. The molecule has 2 heterocycles. The van der Waals surface area contributed by atoms with Gasteiger partial charge in [0.15, 0.2) is 23.0 Å². The third-order valence-electron chi connectivity index (χ3n) is 6.91. The van der Waals surface area contributed by atoms with Gasteiger partial charge in [0.1, 0.15) is 11.3 Å². The number of hydrogen-bond acceptors (Lipinski definition) is 5. The first-order valence-electron chi connectivity index (χ1n) is 13.6. The number of esters is 1. The van der Waals surface area contributed by atoms with Crippen molar-refractivity contribution < 1.29 is 27.8 Å². The van der Waals surface area contributed by atoms with Gasteiger partial charge in [0, 0.05) is 12.6 Å². The molecule has 1 atom stereocenters. The molecule has 1 aliphatic carbocycles. The zero-order valence-electron chi connectivity index (χ0n) is 23.1. The molecule has 1 saturated carbocycles.